The van der Waals surface area contributed by atoms with Crippen LogP contribution < -0.4 is 0 Å². The van der Waals surface area contributed by atoms with E-state index in [-0.39, 0.29) is 30.0 Å². The van der Waals surface area contributed by atoms with Gasteiger partial charge in [0.05, 0.1) is 16.1 Å². The van der Waals surface area contributed by atoms with Gasteiger partial charge in [-0.25, -0.2) is 9.59 Å². The third kappa shape index (κ3) is 3.06. The molecule has 2 aliphatic carbocycles. The number of hydrogen-bond acceptors (Lipinski definition) is 8. The molecule has 1 saturated carbocycles. The van der Waals surface area contributed by atoms with Crippen LogP contribution >= 0.6 is 0 Å². The van der Waals surface area contributed by atoms with E-state index < -0.39 is 45.3 Å². The van der Waals surface area contributed by atoms with Gasteiger partial charge < -0.3 is 19.7 Å². The molecule has 0 aromatic heterocycles. The number of cyclic esters (lactones) is 1. The van der Waals surface area contributed by atoms with Crippen LogP contribution in [0.4, 0.5) is 5.69 Å². The zero-order valence-corrected chi connectivity index (χ0v) is 17.4. The van der Waals surface area contributed by atoms with Crippen LogP contribution in [0.3, 0.4) is 0 Å². The molecular formula is C22H25NO8. The first-order valence-corrected chi connectivity index (χ1v) is 10.2. The highest BCUT2D eigenvalue weighted by Crippen LogP contribution is 2.63. The maximum Gasteiger partial charge on any atom is 0.338 e. The van der Waals surface area contributed by atoms with E-state index in [0.29, 0.717) is 12.8 Å². The zero-order chi connectivity index (χ0) is 22.6. The van der Waals surface area contributed by atoms with Gasteiger partial charge in [0.1, 0.15) is 18.3 Å². The summed E-state index contributed by atoms with van der Waals surface area (Å²) in [5.41, 5.74) is -2.99. The van der Waals surface area contributed by atoms with Crippen molar-refractivity contribution in [1.82, 2.24) is 0 Å². The van der Waals surface area contributed by atoms with Gasteiger partial charge in [0.25, 0.3) is 5.69 Å². The van der Waals surface area contributed by atoms with Crippen molar-refractivity contribution >= 4 is 17.6 Å². The first-order chi connectivity index (χ1) is 14.6. The molecule has 1 saturated heterocycles. The van der Waals surface area contributed by atoms with E-state index in [1.807, 2.05) is 13.8 Å². The number of benzene rings is 1. The lowest BCUT2D eigenvalue weighted by Gasteiger charge is -2.60. The first-order valence-electron chi connectivity index (χ1n) is 10.2. The molecule has 0 radical (unpaired) electrons. The normalized spacial score (nSPS) is 36.6. The molecule has 2 fully saturated rings. The quantitative estimate of drug-likeness (QED) is 0.420. The van der Waals surface area contributed by atoms with Crippen molar-refractivity contribution in [2.75, 3.05) is 13.2 Å². The predicted molar refractivity (Wildman–Crippen MR) is 107 cm³/mol. The van der Waals surface area contributed by atoms with E-state index in [0.717, 1.165) is 6.42 Å². The lowest BCUT2D eigenvalue weighted by molar-refractivity contribution is -0.384. The van der Waals surface area contributed by atoms with Gasteiger partial charge in [-0.3, -0.25) is 10.1 Å². The van der Waals surface area contributed by atoms with Crippen molar-refractivity contribution in [1.29, 1.82) is 0 Å². The summed E-state index contributed by atoms with van der Waals surface area (Å²) in [5, 5.41) is 32.6. The number of fused-ring (bicyclic) bond motifs is 3. The van der Waals surface area contributed by atoms with Crippen LogP contribution in [0.2, 0.25) is 0 Å². The van der Waals surface area contributed by atoms with E-state index in [1.165, 1.54) is 30.3 Å². The molecular weight excluding hydrogens is 406 g/mol. The molecule has 166 valence electrons. The maximum atomic E-state index is 12.9. The summed E-state index contributed by atoms with van der Waals surface area (Å²) in [4.78, 5) is 35.5. The summed E-state index contributed by atoms with van der Waals surface area (Å²) in [7, 11) is 0. The van der Waals surface area contributed by atoms with Crippen molar-refractivity contribution in [3.05, 3.63) is 51.6 Å². The van der Waals surface area contributed by atoms with E-state index >= 15 is 0 Å². The number of ether oxygens (including phenoxy) is 2. The molecule has 3 aliphatic rings. The minimum atomic E-state index is -1.53. The fourth-order valence-electron chi connectivity index (χ4n) is 5.79. The Morgan fingerprint density at radius 3 is 2.58 bits per heavy atom. The lowest BCUT2D eigenvalue weighted by atomic mass is 9.46. The molecule has 1 aliphatic heterocycles. The van der Waals surface area contributed by atoms with Crippen molar-refractivity contribution in [2.24, 2.45) is 16.7 Å². The molecule has 5 atom stereocenters. The second-order valence-electron chi connectivity index (χ2n) is 9.25. The number of aliphatic hydroxyl groups excluding tert-OH is 1. The van der Waals surface area contributed by atoms with Crippen LogP contribution in [0.15, 0.2) is 35.9 Å². The van der Waals surface area contributed by atoms with Gasteiger partial charge in [-0.2, -0.15) is 0 Å². The SMILES string of the molecule is CC1(CO)CCCC2(C)C1C(OC(=O)c1ccc([N+](=O)[O-])cc1)C=C1C(=O)OCC12O. The van der Waals surface area contributed by atoms with Crippen LogP contribution in [-0.4, -0.2) is 52.0 Å². The Balaban J connectivity index is 1.74. The molecule has 31 heavy (non-hydrogen) atoms. The van der Waals surface area contributed by atoms with Gasteiger partial charge in [0.15, 0.2) is 0 Å². The summed E-state index contributed by atoms with van der Waals surface area (Å²) in [5.74, 6) is -1.82. The average molecular weight is 431 g/mol. The standard InChI is InChI=1S/C22H25NO8/c1-20(11-24)8-3-9-21(2)17(20)16(10-15-19(26)30-12-22(15,21)27)31-18(25)13-4-6-14(7-5-13)23(28)29/h4-7,10,16-17,24,27H,3,8-9,11-12H2,1-2H3. The van der Waals surface area contributed by atoms with Gasteiger partial charge in [0.2, 0.25) is 0 Å². The van der Waals surface area contributed by atoms with E-state index in [2.05, 4.69) is 0 Å². The molecule has 4 rings (SSSR count). The zero-order valence-electron chi connectivity index (χ0n) is 17.4. The van der Waals surface area contributed by atoms with E-state index in [1.54, 1.807) is 0 Å². The Bertz CT molecular complexity index is 972. The first kappa shape index (κ1) is 21.5. The monoisotopic (exact) mass is 431 g/mol. The number of non-ortho nitro benzene ring substituents is 1. The fraction of sp³-hybridized carbons (Fsp3) is 0.545. The topological polar surface area (TPSA) is 136 Å². The maximum absolute atomic E-state index is 12.9. The highest BCUT2D eigenvalue weighted by atomic mass is 16.6. The highest BCUT2D eigenvalue weighted by molar-refractivity contribution is 5.94. The van der Waals surface area contributed by atoms with Gasteiger partial charge in [-0.05, 0) is 36.5 Å². The van der Waals surface area contributed by atoms with Crippen LogP contribution in [-0.2, 0) is 14.3 Å². The third-order valence-electron chi connectivity index (χ3n) is 7.48. The Labute approximate surface area is 178 Å². The van der Waals surface area contributed by atoms with Crippen LogP contribution in [0, 0.1) is 26.9 Å². The predicted octanol–water partition coefficient (Wildman–Crippen LogP) is 2.15. The molecule has 9 heteroatoms. The molecule has 0 amide bonds. The Morgan fingerprint density at radius 2 is 1.97 bits per heavy atom. The largest absolute Gasteiger partial charge is 0.459 e. The van der Waals surface area contributed by atoms with Gasteiger partial charge in [0, 0.05) is 30.1 Å². The smallest absolute Gasteiger partial charge is 0.338 e. The number of nitro benzene ring substituents is 1. The Hall–Kier alpha value is -2.78. The van der Waals surface area contributed by atoms with Gasteiger partial charge in [-0.1, -0.05) is 20.3 Å². The van der Waals surface area contributed by atoms with Crippen LogP contribution in [0.1, 0.15) is 43.5 Å². The number of aliphatic hydroxyl groups is 2. The molecule has 1 aromatic carbocycles. The van der Waals surface area contributed by atoms with Crippen molar-refractivity contribution in [3.63, 3.8) is 0 Å². The average Bonchev–Trinajstić information content (AvgIpc) is 3.04. The summed E-state index contributed by atoms with van der Waals surface area (Å²) in [6, 6.07) is 5.04. The fourth-order valence-corrected chi connectivity index (χ4v) is 5.79. The minimum absolute atomic E-state index is 0.0786. The minimum Gasteiger partial charge on any atom is -0.459 e. The number of nitro groups is 1. The molecule has 5 unspecified atom stereocenters. The molecule has 9 nitrogen and oxygen atoms in total. The third-order valence-corrected chi connectivity index (χ3v) is 7.48. The number of carbonyl (C=O) groups is 2. The Kier molecular flexibility index (Phi) is 4.94. The van der Waals surface area contributed by atoms with Crippen molar-refractivity contribution < 1.29 is 34.2 Å². The van der Waals surface area contributed by atoms with Crippen LogP contribution in [0.25, 0.3) is 0 Å². The number of esters is 2. The van der Waals surface area contributed by atoms with E-state index in [9.17, 15) is 29.9 Å². The summed E-state index contributed by atoms with van der Waals surface area (Å²) >= 11 is 0. The molecule has 1 aromatic rings. The second-order valence-corrected chi connectivity index (χ2v) is 9.25. The summed E-state index contributed by atoms with van der Waals surface area (Å²) in [6.07, 6.45) is 2.54. The number of hydrogen-bond donors (Lipinski definition) is 2. The number of rotatable bonds is 4. The summed E-state index contributed by atoms with van der Waals surface area (Å²) in [6.45, 7) is 3.40. The number of carbonyl (C=O) groups excluding carboxylic acids is 2. The molecule has 1 heterocycles. The highest BCUT2D eigenvalue weighted by Gasteiger charge is 2.68. The van der Waals surface area contributed by atoms with Crippen molar-refractivity contribution in [3.8, 4) is 0 Å². The van der Waals surface area contributed by atoms with Gasteiger partial charge >= 0.3 is 11.9 Å². The lowest BCUT2D eigenvalue weighted by Crippen LogP contribution is -2.65. The second kappa shape index (κ2) is 7.13. The summed E-state index contributed by atoms with van der Waals surface area (Å²) < 4.78 is 11.0. The Morgan fingerprint density at radius 1 is 1.29 bits per heavy atom. The molecule has 0 spiro atoms. The van der Waals surface area contributed by atoms with Crippen LogP contribution in [0.5, 0.6) is 0 Å². The van der Waals surface area contributed by atoms with E-state index in [4.69, 9.17) is 9.47 Å². The number of nitrogens with zero attached hydrogens (tertiary/aromatic N) is 1. The molecule has 2 N–H and O–H groups in total. The van der Waals surface area contributed by atoms with Gasteiger partial charge in [-0.15, -0.1) is 0 Å². The van der Waals surface area contributed by atoms with Crippen molar-refractivity contribution in [2.45, 2.75) is 44.8 Å². The molecule has 0 bridgehead atoms.